The largest absolute Gasteiger partial charge is 0.453 e. The van der Waals surface area contributed by atoms with Gasteiger partial charge in [-0.05, 0) is 96.4 Å². The van der Waals surface area contributed by atoms with Crippen molar-refractivity contribution in [1.82, 2.24) is 10.6 Å². The molecule has 268 valence electrons. The van der Waals surface area contributed by atoms with Crippen molar-refractivity contribution in [3.63, 3.8) is 0 Å². The summed E-state index contributed by atoms with van der Waals surface area (Å²) in [5, 5.41) is 5.21. The smallest absolute Gasteiger partial charge is 0.412 e. The van der Waals surface area contributed by atoms with Gasteiger partial charge in [-0.3, -0.25) is 0 Å². The number of aryl methyl sites for hydroxylation is 1. The number of amides is 2. The summed E-state index contributed by atoms with van der Waals surface area (Å²) in [6.07, 6.45) is -1.11. The first-order valence-electron chi connectivity index (χ1n) is 17.4. The predicted molar refractivity (Wildman–Crippen MR) is 211 cm³/mol. The topological polar surface area (TPSA) is 92.4 Å². The quantitative estimate of drug-likeness (QED) is 0.109. The second-order valence-corrected chi connectivity index (χ2v) is 12.1. The molecule has 0 aliphatic rings. The van der Waals surface area contributed by atoms with E-state index in [1.807, 2.05) is 54.6 Å². The van der Waals surface area contributed by atoms with Crippen molar-refractivity contribution < 1.29 is 23.8 Å². The Bertz CT molecular complexity index is 2070. The summed E-state index contributed by atoms with van der Waals surface area (Å²) in [5.41, 5.74) is 9.42. The van der Waals surface area contributed by atoms with Crippen LogP contribution in [0.5, 0.6) is 5.75 Å². The summed E-state index contributed by atoms with van der Waals surface area (Å²) >= 11 is 0. The van der Waals surface area contributed by atoms with Gasteiger partial charge in [0.15, 0.2) is 0 Å². The van der Waals surface area contributed by atoms with Crippen LogP contribution in [0.4, 0.5) is 43.7 Å². The number of rotatable bonds is 14. The number of hydrogen-bond donors (Lipinski definition) is 2. The van der Waals surface area contributed by atoms with Crippen molar-refractivity contribution in [2.75, 3.05) is 43.2 Å². The van der Waals surface area contributed by atoms with Gasteiger partial charge in [0.1, 0.15) is 5.75 Å². The fourth-order valence-electron chi connectivity index (χ4n) is 5.88. The van der Waals surface area contributed by atoms with E-state index in [1.54, 1.807) is 6.07 Å². The number of alkyl carbamates (subject to hydrolysis) is 1. The van der Waals surface area contributed by atoms with Gasteiger partial charge in [0.2, 0.25) is 0 Å². The van der Waals surface area contributed by atoms with Gasteiger partial charge in [0, 0.05) is 53.3 Å². The minimum Gasteiger partial charge on any atom is -0.453 e. The molecule has 2 N–H and O–H groups in total. The van der Waals surface area contributed by atoms with Gasteiger partial charge in [-0.1, -0.05) is 78.9 Å². The summed E-state index contributed by atoms with van der Waals surface area (Å²) in [6, 6.07) is 53.5. The number of ether oxygens (including phenoxy) is 3. The highest BCUT2D eigenvalue weighted by Crippen LogP contribution is 2.38. The van der Waals surface area contributed by atoms with Crippen molar-refractivity contribution in [3.05, 3.63) is 163 Å². The number of carbonyl (C=O) groups excluding carboxylic acids is 2. The van der Waals surface area contributed by atoms with Crippen LogP contribution in [0.3, 0.4) is 0 Å². The van der Waals surface area contributed by atoms with Crippen LogP contribution in [0.15, 0.2) is 158 Å². The summed E-state index contributed by atoms with van der Waals surface area (Å²) in [6.45, 7) is 3.22. The lowest BCUT2D eigenvalue weighted by Gasteiger charge is -2.26. The van der Waals surface area contributed by atoms with E-state index in [-0.39, 0.29) is 13.2 Å². The first-order chi connectivity index (χ1) is 26.0. The molecule has 0 aromatic heterocycles. The summed E-state index contributed by atoms with van der Waals surface area (Å²) in [5.74, 6) is 0.399. The zero-order chi connectivity index (χ0) is 36.8. The van der Waals surface area contributed by atoms with Crippen LogP contribution in [0.25, 0.3) is 11.1 Å². The first kappa shape index (κ1) is 36.2. The molecular weight excluding hydrogens is 665 g/mol. The number of para-hydroxylation sites is 2. The van der Waals surface area contributed by atoms with E-state index >= 15 is 0 Å². The summed E-state index contributed by atoms with van der Waals surface area (Å²) < 4.78 is 15.5. The van der Waals surface area contributed by atoms with Crippen molar-refractivity contribution >= 4 is 46.3 Å². The van der Waals surface area contributed by atoms with Gasteiger partial charge in [0.05, 0.1) is 20.3 Å². The molecule has 0 fully saturated rings. The van der Waals surface area contributed by atoms with Gasteiger partial charge < -0.3 is 34.6 Å². The predicted octanol–water partition coefficient (Wildman–Crippen LogP) is 10.1. The van der Waals surface area contributed by atoms with Crippen molar-refractivity contribution in [2.45, 2.75) is 6.92 Å². The van der Waals surface area contributed by atoms with Crippen LogP contribution in [-0.2, 0) is 9.47 Å². The van der Waals surface area contributed by atoms with Gasteiger partial charge in [-0.15, -0.1) is 0 Å². The molecular formula is C44H42N4O5. The van der Waals surface area contributed by atoms with E-state index in [9.17, 15) is 9.59 Å². The van der Waals surface area contributed by atoms with E-state index in [0.717, 1.165) is 45.3 Å². The van der Waals surface area contributed by atoms with Crippen molar-refractivity contribution in [1.29, 1.82) is 0 Å². The van der Waals surface area contributed by atoms with E-state index in [4.69, 9.17) is 9.47 Å². The average molecular weight is 707 g/mol. The number of methoxy groups -OCH3 is 1. The van der Waals surface area contributed by atoms with E-state index in [2.05, 4.69) is 129 Å². The maximum Gasteiger partial charge on any atom is 0.412 e. The van der Waals surface area contributed by atoms with E-state index < -0.39 is 12.2 Å². The third-order valence-electron chi connectivity index (χ3n) is 8.38. The molecule has 0 aliphatic heterocycles. The fourth-order valence-corrected chi connectivity index (χ4v) is 5.88. The number of carbonyl (C=O) groups is 2. The number of nitrogens with one attached hydrogen (secondary N) is 2. The Morgan fingerprint density at radius 1 is 0.509 bits per heavy atom. The summed E-state index contributed by atoms with van der Waals surface area (Å²) in [7, 11) is 1.30. The molecule has 0 unspecified atom stereocenters. The standard InChI is InChI=1S/C44H42N4O5/c1-33-11-9-16-40(31-33)47(36-12-5-3-6-13-36)38-23-19-34(20-24-38)35-21-25-39(26-22-35)48(37-14-7-4-8-15-37)41-17-10-18-42(32-41)53-44(50)46-28-30-52-29-27-45-43(49)51-2/h3-26,31-32H,27-30H2,1-2H3,(H,45,49)(H,46,50). The van der Waals surface area contributed by atoms with Crippen LogP contribution in [-0.4, -0.2) is 45.6 Å². The zero-order valence-electron chi connectivity index (χ0n) is 29.8. The molecule has 53 heavy (non-hydrogen) atoms. The molecule has 0 atom stereocenters. The molecule has 0 spiro atoms. The molecule has 6 aromatic rings. The molecule has 6 rings (SSSR count). The van der Waals surface area contributed by atoms with Crippen LogP contribution in [0.2, 0.25) is 0 Å². The molecule has 0 saturated heterocycles. The highest BCUT2D eigenvalue weighted by atomic mass is 16.6. The first-order valence-corrected chi connectivity index (χ1v) is 17.4. The van der Waals surface area contributed by atoms with Gasteiger partial charge in [0.25, 0.3) is 0 Å². The number of hydrogen-bond acceptors (Lipinski definition) is 7. The Morgan fingerprint density at radius 3 is 1.47 bits per heavy atom. The SMILES string of the molecule is COC(=O)NCCOCCNC(=O)Oc1cccc(N(c2ccccc2)c2ccc(-c3ccc(N(c4ccccc4)c4cccc(C)c4)cc3)cc2)c1. The van der Waals surface area contributed by atoms with E-state index in [0.29, 0.717) is 18.9 Å². The Labute approximate surface area is 310 Å². The molecule has 0 aliphatic carbocycles. The Hall–Kier alpha value is -6.58. The molecule has 0 saturated carbocycles. The monoisotopic (exact) mass is 706 g/mol. The molecule has 0 radical (unpaired) electrons. The molecule has 6 aromatic carbocycles. The average Bonchev–Trinajstić information content (AvgIpc) is 3.19. The third-order valence-corrected chi connectivity index (χ3v) is 8.38. The van der Waals surface area contributed by atoms with Gasteiger partial charge >= 0.3 is 12.2 Å². The number of nitrogens with zero attached hydrogens (tertiary/aromatic N) is 2. The second kappa shape index (κ2) is 18.1. The lowest BCUT2D eigenvalue weighted by atomic mass is 10.0. The number of benzene rings is 6. The van der Waals surface area contributed by atoms with Crippen LogP contribution in [0.1, 0.15) is 5.56 Å². The Balaban J connectivity index is 1.16. The van der Waals surface area contributed by atoms with Crippen molar-refractivity contribution in [3.8, 4) is 16.9 Å². The highest BCUT2D eigenvalue weighted by molar-refractivity contribution is 5.81. The minimum atomic E-state index is -0.592. The molecule has 9 nitrogen and oxygen atoms in total. The van der Waals surface area contributed by atoms with Crippen molar-refractivity contribution in [2.24, 2.45) is 0 Å². The van der Waals surface area contributed by atoms with Crippen LogP contribution in [0, 0.1) is 6.92 Å². The molecule has 0 heterocycles. The van der Waals surface area contributed by atoms with Crippen LogP contribution >= 0.6 is 0 Å². The Kier molecular flexibility index (Phi) is 12.4. The lowest BCUT2D eigenvalue weighted by molar-refractivity contribution is 0.129. The third kappa shape index (κ3) is 9.81. The zero-order valence-corrected chi connectivity index (χ0v) is 29.8. The number of anilines is 6. The summed E-state index contributed by atoms with van der Waals surface area (Å²) in [4.78, 5) is 28.0. The highest BCUT2D eigenvalue weighted by Gasteiger charge is 2.16. The lowest BCUT2D eigenvalue weighted by Crippen LogP contribution is -2.31. The minimum absolute atomic E-state index is 0.250. The second-order valence-electron chi connectivity index (χ2n) is 12.1. The van der Waals surface area contributed by atoms with Gasteiger partial charge in [-0.25, -0.2) is 9.59 Å². The molecule has 9 heteroatoms. The van der Waals surface area contributed by atoms with Gasteiger partial charge in [-0.2, -0.15) is 0 Å². The van der Waals surface area contributed by atoms with E-state index in [1.165, 1.54) is 12.7 Å². The Morgan fingerprint density at radius 2 is 0.962 bits per heavy atom. The maximum absolute atomic E-state index is 12.6. The molecule has 2 amide bonds. The normalized spacial score (nSPS) is 10.6. The maximum atomic E-state index is 12.6. The molecule has 0 bridgehead atoms. The fraction of sp³-hybridized carbons (Fsp3) is 0.136. The van der Waals surface area contributed by atoms with Crippen LogP contribution < -0.4 is 25.2 Å².